The zero-order valence-electron chi connectivity index (χ0n) is 40.2. The fourth-order valence-corrected chi connectivity index (χ4v) is 8.04. The first kappa shape index (κ1) is 57.4. The lowest BCUT2D eigenvalue weighted by atomic mass is 10.0. The second-order valence-electron chi connectivity index (χ2n) is 18.6. The molecule has 6 nitrogen and oxygen atoms in total. The molecule has 0 radical (unpaired) electrons. The molecular weight excluding hydrogens is 733 g/mol. The van der Waals surface area contributed by atoms with Crippen LogP contribution in [-0.2, 0) is 28.6 Å². The summed E-state index contributed by atoms with van der Waals surface area (Å²) in [5.74, 6) is -0.0657. The highest BCUT2D eigenvalue weighted by atomic mass is 16.6. The van der Waals surface area contributed by atoms with Crippen LogP contribution in [0.2, 0.25) is 0 Å². The Labute approximate surface area is 368 Å². The molecule has 0 saturated heterocycles. The van der Waals surface area contributed by atoms with E-state index in [1.165, 1.54) is 193 Å². The van der Waals surface area contributed by atoms with E-state index in [0.29, 0.717) is 19.3 Å². The monoisotopic (exact) mass is 835 g/mol. The molecule has 0 fully saturated rings. The second-order valence-corrected chi connectivity index (χ2v) is 18.6. The molecule has 0 rings (SSSR count). The van der Waals surface area contributed by atoms with E-state index in [-0.39, 0.29) is 31.1 Å². The number of esters is 3. The minimum atomic E-state index is -0.761. The Morgan fingerprint density at radius 1 is 0.322 bits per heavy atom. The Morgan fingerprint density at radius 3 is 0.831 bits per heavy atom. The van der Waals surface area contributed by atoms with Crippen molar-refractivity contribution in [3.05, 3.63) is 0 Å². The summed E-state index contributed by atoms with van der Waals surface area (Å²) in [7, 11) is 0. The smallest absolute Gasteiger partial charge is 0.306 e. The zero-order valence-corrected chi connectivity index (χ0v) is 40.2. The summed E-state index contributed by atoms with van der Waals surface area (Å²) in [5.41, 5.74) is 0. The molecule has 0 bridgehead atoms. The first-order valence-corrected chi connectivity index (χ1v) is 26.4. The van der Waals surface area contributed by atoms with Crippen molar-refractivity contribution >= 4 is 17.9 Å². The Balaban J connectivity index is 4.24. The van der Waals surface area contributed by atoms with Crippen molar-refractivity contribution in [1.29, 1.82) is 0 Å². The normalized spacial score (nSPS) is 11.9. The minimum Gasteiger partial charge on any atom is -0.462 e. The number of unbranched alkanes of at least 4 members (excludes halogenated alkanes) is 35. The predicted molar refractivity (Wildman–Crippen MR) is 252 cm³/mol. The first-order valence-electron chi connectivity index (χ1n) is 26.4. The highest BCUT2D eigenvalue weighted by Gasteiger charge is 2.19. The maximum atomic E-state index is 12.8. The number of carbonyl (C=O) groups is 3. The topological polar surface area (TPSA) is 78.9 Å². The van der Waals surface area contributed by atoms with Crippen LogP contribution in [0.25, 0.3) is 0 Å². The molecule has 0 amide bonds. The van der Waals surface area contributed by atoms with E-state index in [0.717, 1.165) is 63.7 Å². The van der Waals surface area contributed by atoms with Gasteiger partial charge in [0.25, 0.3) is 0 Å². The summed E-state index contributed by atoms with van der Waals surface area (Å²) in [6, 6.07) is 0. The molecule has 0 aromatic rings. The van der Waals surface area contributed by atoms with E-state index in [4.69, 9.17) is 14.2 Å². The second kappa shape index (κ2) is 47.5. The van der Waals surface area contributed by atoms with Crippen LogP contribution in [-0.4, -0.2) is 37.2 Å². The lowest BCUT2D eigenvalue weighted by molar-refractivity contribution is -0.167. The lowest BCUT2D eigenvalue weighted by Crippen LogP contribution is -2.30. The third-order valence-corrected chi connectivity index (χ3v) is 12.0. The highest BCUT2D eigenvalue weighted by molar-refractivity contribution is 5.71. The molecule has 0 aromatic carbocycles. The van der Waals surface area contributed by atoms with Crippen LogP contribution in [0.15, 0.2) is 0 Å². The summed E-state index contributed by atoms with van der Waals surface area (Å²) in [6.45, 7) is 8.98. The molecule has 59 heavy (non-hydrogen) atoms. The molecule has 0 aliphatic carbocycles. The summed E-state index contributed by atoms with van der Waals surface area (Å²) in [5, 5.41) is 0. The van der Waals surface area contributed by atoms with Gasteiger partial charge >= 0.3 is 17.9 Å². The first-order chi connectivity index (χ1) is 28.9. The van der Waals surface area contributed by atoms with E-state index in [1.54, 1.807) is 0 Å². The van der Waals surface area contributed by atoms with Gasteiger partial charge in [0.1, 0.15) is 13.2 Å². The van der Waals surface area contributed by atoms with Crippen LogP contribution in [0.3, 0.4) is 0 Å². The highest BCUT2D eigenvalue weighted by Crippen LogP contribution is 2.17. The number of rotatable bonds is 48. The predicted octanol–water partition coefficient (Wildman–Crippen LogP) is 17.1. The van der Waals surface area contributed by atoms with Crippen molar-refractivity contribution in [2.45, 2.75) is 303 Å². The van der Waals surface area contributed by atoms with Crippen molar-refractivity contribution in [3.63, 3.8) is 0 Å². The van der Waals surface area contributed by atoms with Crippen LogP contribution in [0.4, 0.5) is 0 Å². The molecule has 0 unspecified atom stereocenters. The Bertz CT molecular complexity index is 887. The molecule has 1 atom stereocenters. The van der Waals surface area contributed by atoms with Crippen molar-refractivity contribution in [3.8, 4) is 0 Å². The van der Waals surface area contributed by atoms with Gasteiger partial charge in [-0.15, -0.1) is 0 Å². The van der Waals surface area contributed by atoms with Gasteiger partial charge in [0, 0.05) is 19.3 Å². The van der Waals surface area contributed by atoms with E-state index in [1.807, 2.05) is 0 Å². The fraction of sp³-hybridized carbons (Fsp3) is 0.943. The summed E-state index contributed by atoms with van der Waals surface area (Å²) < 4.78 is 16.8. The Hall–Kier alpha value is -1.59. The quantitative estimate of drug-likeness (QED) is 0.0345. The van der Waals surface area contributed by atoms with E-state index < -0.39 is 6.10 Å². The summed E-state index contributed by atoms with van der Waals surface area (Å²) >= 11 is 0. The number of carbonyl (C=O) groups excluding carboxylic acids is 3. The standard InChI is InChI=1S/C53H102O6/c1-5-7-9-11-13-15-17-19-20-21-22-23-24-25-27-29-33-38-42-46-53(56)59-50(48-58-52(55)45-41-37-34-30-31-35-39-43-49(3)4)47-57-51(54)44-40-36-32-28-26-18-16-14-12-10-8-6-2/h49-50H,5-48H2,1-4H3/t50-/m1/s1. The van der Waals surface area contributed by atoms with E-state index >= 15 is 0 Å². The lowest BCUT2D eigenvalue weighted by Gasteiger charge is -2.18. The zero-order chi connectivity index (χ0) is 43.1. The van der Waals surface area contributed by atoms with Crippen LogP contribution in [0, 0.1) is 5.92 Å². The van der Waals surface area contributed by atoms with Crippen LogP contribution in [0.5, 0.6) is 0 Å². The molecular formula is C53H102O6. The molecule has 0 heterocycles. The van der Waals surface area contributed by atoms with Gasteiger partial charge in [0.05, 0.1) is 0 Å². The van der Waals surface area contributed by atoms with Gasteiger partial charge in [-0.2, -0.15) is 0 Å². The van der Waals surface area contributed by atoms with Crippen LogP contribution < -0.4 is 0 Å². The SMILES string of the molecule is CCCCCCCCCCCCCCCCCCCCCC(=O)O[C@H](COC(=O)CCCCCCCCCCCCCC)COC(=O)CCCCCCCCCC(C)C. The average molecular weight is 835 g/mol. The Kier molecular flexibility index (Phi) is 46.2. The maximum Gasteiger partial charge on any atom is 0.306 e. The van der Waals surface area contributed by atoms with Crippen molar-refractivity contribution in [2.24, 2.45) is 5.92 Å². The molecule has 0 aliphatic rings. The minimum absolute atomic E-state index is 0.0634. The average Bonchev–Trinajstić information content (AvgIpc) is 3.22. The molecule has 6 heteroatoms. The van der Waals surface area contributed by atoms with Gasteiger partial charge in [-0.3, -0.25) is 14.4 Å². The van der Waals surface area contributed by atoms with Gasteiger partial charge < -0.3 is 14.2 Å². The molecule has 0 aromatic heterocycles. The fourth-order valence-electron chi connectivity index (χ4n) is 8.04. The largest absolute Gasteiger partial charge is 0.462 e. The van der Waals surface area contributed by atoms with E-state index in [9.17, 15) is 14.4 Å². The summed E-state index contributed by atoms with van der Waals surface area (Å²) in [6.07, 6.45) is 49.6. The number of hydrogen-bond acceptors (Lipinski definition) is 6. The molecule has 350 valence electrons. The third kappa shape index (κ3) is 47.3. The van der Waals surface area contributed by atoms with Crippen molar-refractivity contribution in [2.75, 3.05) is 13.2 Å². The molecule has 0 spiro atoms. The number of ether oxygens (including phenoxy) is 3. The third-order valence-electron chi connectivity index (χ3n) is 12.0. The van der Waals surface area contributed by atoms with Crippen molar-refractivity contribution in [1.82, 2.24) is 0 Å². The van der Waals surface area contributed by atoms with Gasteiger partial charge in [0.15, 0.2) is 6.10 Å². The van der Waals surface area contributed by atoms with Crippen molar-refractivity contribution < 1.29 is 28.6 Å². The van der Waals surface area contributed by atoms with E-state index in [2.05, 4.69) is 27.7 Å². The van der Waals surface area contributed by atoms with Gasteiger partial charge in [-0.1, -0.05) is 259 Å². The Morgan fingerprint density at radius 2 is 0.559 bits per heavy atom. The van der Waals surface area contributed by atoms with Gasteiger partial charge in [0.2, 0.25) is 0 Å². The maximum absolute atomic E-state index is 12.8. The molecule has 0 saturated carbocycles. The molecule has 0 aliphatic heterocycles. The van der Waals surface area contributed by atoms with Crippen LogP contribution >= 0.6 is 0 Å². The van der Waals surface area contributed by atoms with Gasteiger partial charge in [-0.25, -0.2) is 0 Å². The molecule has 0 N–H and O–H groups in total. The van der Waals surface area contributed by atoms with Crippen LogP contribution in [0.1, 0.15) is 297 Å². The summed E-state index contributed by atoms with van der Waals surface area (Å²) in [4.78, 5) is 37.9. The van der Waals surface area contributed by atoms with Gasteiger partial charge in [-0.05, 0) is 25.2 Å². The number of hydrogen-bond donors (Lipinski definition) is 0.